The molecule has 0 bridgehead atoms. The molecule has 2 aromatic heterocycles. The number of aliphatic hydroxyl groups excluding tert-OH is 1. The Labute approximate surface area is 218 Å². The Morgan fingerprint density at radius 1 is 1.16 bits per heavy atom. The second-order valence-electron chi connectivity index (χ2n) is 8.96. The molecule has 0 aliphatic carbocycles. The number of ether oxygens (including phenoxy) is 1. The number of nitrogens with zero attached hydrogens (tertiary/aromatic N) is 2. The number of amides is 1. The number of aromatic amines is 1. The van der Waals surface area contributed by atoms with E-state index >= 15 is 0 Å². The Hall–Kier alpha value is -3.89. The number of aromatic nitrogens is 2. The minimum absolute atomic E-state index is 0.00473. The molecule has 1 fully saturated rings. The summed E-state index contributed by atoms with van der Waals surface area (Å²) in [4.78, 5) is 22.4. The molecular formula is C28H29F3N4O3. The van der Waals surface area contributed by atoms with Gasteiger partial charge in [-0.3, -0.25) is 14.7 Å². The monoisotopic (exact) mass is 526 g/mol. The summed E-state index contributed by atoms with van der Waals surface area (Å²) in [5.74, 6) is -1.76. The summed E-state index contributed by atoms with van der Waals surface area (Å²) in [6.45, 7) is 7.49. The van der Waals surface area contributed by atoms with Gasteiger partial charge in [-0.05, 0) is 35.4 Å². The summed E-state index contributed by atoms with van der Waals surface area (Å²) < 4.78 is 37.9. The lowest BCUT2D eigenvalue weighted by Gasteiger charge is -2.26. The van der Waals surface area contributed by atoms with Crippen LogP contribution >= 0.6 is 0 Å². The van der Waals surface area contributed by atoms with E-state index in [-0.39, 0.29) is 5.91 Å². The van der Waals surface area contributed by atoms with Crippen LogP contribution in [0, 0.1) is 0 Å². The van der Waals surface area contributed by atoms with Crippen molar-refractivity contribution in [2.24, 2.45) is 0 Å². The number of allylic oxidation sites excluding steroid dienone is 1. The number of aliphatic hydroxyl groups is 1. The minimum atomic E-state index is -4.64. The molecule has 38 heavy (non-hydrogen) atoms. The van der Waals surface area contributed by atoms with E-state index < -0.39 is 11.9 Å². The number of hydrogen-bond acceptors (Lipinski definition) is 5. The minimum Gasteiger partial charge on any atom is -0.505 e. The lowest BCUT2D eigenvalue weighted by atomic mass is 10.1. The van der Waals surface area contributed by atoms with Crippen molar-refractivity contribution in [1.82, 2.24) is 20.2 Å². The van der Waals surface area contributed by atoms with Crippen LogP contribution in [0.1, 0.15) is 32.9 Å². The Kier molecular flexibility index (Phi) is 8.65. The van der Waals surface area contributed by atoms with Gasteiger partial charge in [0.05, 0.1) is 24.5 Å². The molecule has 1 aromatic carbocycles. The van der Waals surface area contributed by atoms with Crippen LogP contribution in [0.3, 0.4) is 0 Å². The van der Waals surface area contributed by atoms with Gasteiger partial charge < -0.3 is 20.1 Å². The fourth-order valence-electron chi connectivity index (χ4n) is 4.15. The Morgan fingerprint density at radius 2 is 1.92 bits per heavy atom. The zero-order valence-electron chi connectivity index (χ0n) is 20.7. The maximum absolute atomic E-state index is 12.0. The van der Waals surface area contributed by atoms with Crippen LogP contribution in [0.4, 0.5) is 13.2 Å². The first-order valence-corrected chi connectivity index (χ1v) is 12.2. The van der Waals surface area contributed by atoms with E-state index in [0.29, 0.717) is 6.54 Å². The number of rotatable bonds is 5. The van der Waals surface area contributed by atoms with Crippen molar-refractivity contribution in [3.8, 4) is 11.3 Å². The summed E-state index contributed by atoms with van der Waals surface area (Å²) >= 11 is 0. The molecule has 0 atom stereocenters. The van der Waals surface area contributed by atoms with Gasteiger partial charge in [-0.15, -0.1) is 0 Å². The molecule has 1 amide bonds. The number of benzene rings is 1. The molecule has 4 heterocycles. The van der Waals surface area contributed by atoms with Crippen LogP contribution in [0.2, 0.25) is 0 Å². The third-order valence-electron chi connectivity index (χ3n) is 6.13. The van der Waals surface area contributed by atoms with E-state index in [2.05, 4.69) is 57.1 Å². The number of hydrogen-bond donors (Lipinski definition) is 3. The molecule has 0 unspecified atom stereocenters. The number of fused-ring (bicyclic) bond motifs is 1. The first-order chi connectivity index (χ1) is 18.2. The molecule has 0 radical (unpaired) electrons. The lowest BCUT2D eigenvalue weighted by Crippen LogP contribution is -2.35. The highest BCUT2D eigenvalue weighted by Crippen LogP contribution is 2.25. The van der Waals surface area contributed by atoms with Crippen molar-refractivity contribution in [3.63, 3.8) is 0 Å². The predicted octanol–water partition coefficient (Wildman–Crippen LogP) is 4.99. The van der Waals surface area contributed by atoms with Crippen LogP contribution < -0.4 is 5.32 Å². The molecular weight excluding hydrogens is 497 g/mol. The van der Waals surface area contributed by atoms with Gasteiger partial charge >= 0.3 is 6.18 Å². The lowest BCUT2D eigenvalue weighted by molar-refractivity contribution is -0.119. The van der Waals surface area contributed by atoms with Crippen molar-refractivity contribution < 1.29 is 27.8 Å². The number of alkyl halides is 3. The fraction of sp³-hybridized carbons (Fsp3) is 0.286. The molecule has 5 rings (SSSR count). The van der Waals surface area contributed by atoms with Gasteiger partial charge in [0.15, 0.2) is 5.76 Å². The van der Waals surface area contributed by atoms with Gasteiger partial charge in [-0.1, -0.05) is 36.9 Å². The smallest absolute Gasteiger partial charge is 0.448 e. The van der Waals surface area contributed by atoms with Crippen LogP contribution in [-0.4, -0.2) is 64.9 Å². The molecule has 0 saturated carbocycles. The Morgan fingerprint density at radius 3 is 2.63 bits per heavy atom. The van der Waals surface area contributed by atoms with Gasteiger partial charge in [0.2, 0.25) is 0 Å². The first kappa shape index (κ1) is 27.2. The standard InChI is InChI=1S/C25H26N4O2.C3H3F3O/c30-25-22-16-24(28-23(22)7-9-27-25)20-6-8-26-21(15-20)5-4-18-2-1-3-19(14-18)17-29-10-12-31-13-11-29;1-2(7)3(4,5)6/h1-6,8,14-16,28H,7,9-13,17H2,(H,27,30);7H,1H2/b5-4+;. The van der Waals surface area contributed by atoms with Gasteiger partial charge in [0, 0.05) is 55.7 Å². The van der Waals surface area contributed by atoms with E-state index in [0.717, 1.165) is 73.0 Å². The van der Waals surface area contributed by atoms with Gasteiger partial charge in [0.25, 0.3) is 5.91 Å². The molecule has 1 saturated heterocycles. The first-order valence-electron chi connectivity index (χ1n) is 12.2. The SMILES string of the molecule is C=C(O)C(F)(F)F.O=C1NCCc2[nH]c(-c3ccnc(/C=C/c4cccc(CN5CCOCC5)c4)c3)cc21. The van der Waals surface area contributed by atoms with Gasteiger partial charge in [-0.2, -0.15) is 13.2 Å². The topological polar surface area (TPSA) is 90.5 Å². The zero-order chi connectivity index (χ0) is 27.1. The molecule has 2 aliphatic rings. The number of nitrogens with one attached hydrogen (secondary N) is 2. The van der Waals surface area contributed by atoms with E-state index in [1.165, 1.54) is 5.56 Å². The Balaban J connectivity index is 0.000000426. The van der Waals surface area contributed by atoms with Crippen molar-refractivity contribution in [3.05, 3.63) is 89.1 Å². The summed E-state index contributed by atoms with van der Waals surface area (Å²) in [5.41, 5.74) is 7.07. The van der Waals surface area contributed by atoms with Crippen LogP contribution in [0.15, 0.2) is 61.0 Å². The van der Waals surface area contributed by atoms with Crippen molar-refractivity contribution in [2.45, 2.75) is 19.1 Å². The average molecular weight is 527 g/mol. The highest BCUT2D eigenvalue weighted by Gasteiger charge is 2.31. The maximum Gasteiger partial charge on any atom is 0.448 e. The third kappa shape index (κ3) is 7.33. The fourth-order valence-corrected chi connectivity index (χ4v) is 4.15. The summed E-state index contributed by atoms with van der Waals surface area (Å²) in [5, 5.41) is 10.5. The normalized spacial score (nSPS) is 15.9. The number of carbonyl (C=O) groups is 1. The van der Waals surface area contributed by atoms with Crippen LogP contribution in [0.5, 0.6) is 0 Å². The molecule has 3 N–H and O–H groups in total. The second-order valence-corrected chi connectivity index (χ2v) is 8.96. The molecule has 200 valence electrons. The van der Waals surface area contributed by atoms with E-state index in [9.17, 15) is 18.0 Å². The molecule has 2 aliphatic heterocycles. The van der Waals surface area contributed by atoms with E-state index in [4.69, 9.17) is 9.84 Å². The highest BCUT2D eigenvalue weighted by molar-refractivity contribution is 5.97. The second kappa shape index (κ2) is 12.1. The van der Waals surface area contributed by atoms with Gasteiger partial charge in [0.1, 0.15) is 0 Å². The quantitative estimate of drug-likeness (QED) is 0.408. The number of halogens is 3. The summed E-state index contributed by atoms with van der Waals surface area (Å²) in [6, 6.07) is 14.6. The largest absolute Gasteiger partial charge is 0.505 e. The third-order valence-corrected chi connectivity index (χ3v) is 6.13. The number of H-pyrrole nitrogens is 1. The molecule has 10 heteroatoms. The van der Waals surface area contributed by atoms with Crippen molar-refractivity contribution in [2.75, 3.05) is 32.8 Å². The zero-order valence-corrected chi connectivity index (χ0v) is 20.7. The van der Waals surface area contributed by atoms with Gasteiger partial charge in [-0.25, -0.2) is 0 Å². The number of pyridine rings is 1. The molecule has 3 aromatic rings. The van der Waals surface area contributed by atoms with Crippen LogP contribution in [-0.2, 0) is 17.7 Å². The summed E-state index contributed by atoms with van der Waals surface area (Å²) in [6.07, 6.45) is 2.14. The summed E-state index contributed by atoms with van der Waals surface area (Å²) in [7, 11) is 0. The van der Waals surface area contributed by atoms with Crippen LogP contribution in [0.25, 0.3) is 23.4 Å². The molecule has 0 spiro atoms. The van der Waals surface area contributed by atoms with Crippen molar-refractivity contribution in [1.29, 1.82) is 0 Å². The maximum atomic E-state index is 12.0. The highest BCUT2D eigenvalue weighted by atomic mass is 19.4. The Bertz CT molecular complexity index is 1310. The molecule has 7 nitrogen and oxygen atoms in total. The number of morpholine rings is 1. The number of carbonyl (C=O) groups excluding carboxylic acids is 1. The van der Waals surface area contributed by atoms with E-state index in [1.807, 2.05) is 30.5 Å². The average Bonchev–Trinajstić information content (AvgIpc) is 3.34. The predicted molar refractivity (Wildman–Crippen MR) is 139 cm³/mol. The van der Waals surface area contributed by atoms with Crippen molar-refractivity contribution >= 4 is 18.1 Å². The van der Waals surface area contributed by atoms with E-state index in [1.54, 1.807) is 0 Å².